The molecule has 1 heterocycles. The third-order valence-electron chi connectivity index (χ3n) is 5.05. The molecule has 0 saturated heterocycles. The van der Waals surface area contributed by atoms with Crippen LogP contribution in [-0.4, -0.2) is 54.8 Å². The van der Waals surface area contributed by atoms with Crippen LogP contribution in [0.4, 0.5) is 11.4 Å². The van der Waals surface area contributed by atoms with Crippen LogP contribution in [-0.2, 0) is 0 Å². The Labute approximate surface area is 160 Å². The largest absolute Gasteiger partial charge is 0.368 e. The molecule has 6 heteroatoms. The Morgan fingerprint density at radius 1 is 1.15 bits per heavy atom. The SMILES string of the molecule is CCN(CC)CCN1CCN=C(c2ccccc2)c2cc([N+](=O)[O-])ccc21. The summed E-state index contributed by atoms with van der Waals surface area (Å²) < 4.78 is 0. The van der Waals surface area contributed by atoms with Crippen molar-refractivity contribution in [3.05, 3.63) is 69.8 Å². The first kappa shape index (κ1) is 19.0. The van der Waals surface area contributed by atoms with E-state index >= 15 is 0 Å². The maximum Gasteiger partial charge on any atom is 0.270 e. The summed E-state index contributed by atoms with van der Waals surface area (Å²) in [5.74, 6) is 0. The Morgan fingerprint density at radius 2 is 1.89 bits per heavy atom. The number of hydrogen-bond donors (Lipinski definition) is 0. The average molecular weight is 366 g/mol. The molecule has 6 nitrogen and oxygen atoms in total. The van der Waals surface area contributed by atoms with E-state index < -0.39 is 0 Å². The molecule has 2 aromatic carbocycles. The van der Waals surface area contributed by atoms with Gasteiger partial charge in [0.15, 0.2) is 0 Å². The monoisotopic (exact) mass is 366 g/mol. The van der Waals surface area contributed by atoms with Gasteiger partial charge in [-0.15, -0.1) is 0 Å². The summed E-state index contributed by atoms with van der Waals surface area (Å²) in [7, 11) is 0. The molecule has 0 radical (unpaired) electrons. The van der Waals surface area contributed by atoms with Crippen molar-refractivity contribution in [1.82, 2.24) is 4.90 Å². The van der Waals surface area contributed by atoms with Crippen LogP contribution < -0.4 is 4.90 Å². The normalized spacial score (nSPS) is 13.9. The van der Waals surface area contributed by atoms with Gasteiger partial charge in [-0.25, -0.2) is 0 Å². The summed E-state index contributed by atoms with van der Waals surface area (Å²) in [4.78, 5) is 20.5. The molecule has 0 bridgehead atoms. The van der Waals surface area contributed by atoms with Gasteiger partial charge >= 0.3 is 0 Å². The van der Waals surface area contributed by atoms with Crippen LogP contribution in [0.3, 0.4) is 0 Å². The van der Waals surface area contributed by atoms with E-state index in [2.05, 4.69) is 23.6 Å². The van der Waals surface area contributed by atoms with Crippen molar-refractivity contribution in [3.63, 3.8) is 0 Å². The predicted molar refractivity (Wildman–Crippen MR) is 110 cm³/mol. The molecule has 0 fully saturated rings. The molecule has 0 aliphatic carbocycles. The summed E-state index contributed by atoms with van der Waals surface area (Å²) in [6, 6.07) is 15.1. The maximum absolute atomic E-state index is 11.3. The van der Waals surface area contributed by atoms with Crippen molar-refractivity contribution in [1.29, 1.82) is 0 Å². The smallest absolute Gasteiger partial charge is 0.270 e. The van der Waals surface area contributed by atoms with Crippen molar-refractivity contribution < 1.29 is 4.92 Å². The minimum Gasteiger partial charge on any atom is -0.368 e. The lowest BCUT2D eigenvalue weighted by Crippen LogP contribution is -2.36. The Kier molecular flexibility index (Phi) is 6.19. The zero-order chi connectivity index (χ0) is 19.2. The topological polar surface area (TPSA) is 62.0 Å². The molecule has 2 aromatic rings. The fraction of sp³-hybridized carbons (Fsp3) is 0.381. The number of nitro benzene ring substituents is 1. The third kappa shape index (κ3) is 4.34. The fourth-order valence-corrected chi connectivity index (χ4v) is 3.47. The van der Waals surface area contributed by atoms with Crippen molar-refractivity contribution >= 4 is 17.1 Å². The molecule has 0 N–H and O–H groups in total. The lowest BCUT2D eigenvalue weighted by molar-refractivity contribution is -0.384. The van der Waals surface area contributed by atoms with E-state index in [0.29, 0.717) is 6.54 Å². The molecule has 0 atom stereocenters. The van der Waals surface area contributed by atoms with Crippen LogP contribution in [0.25, 0.3) is 0 Å². The minimum atomic E-state index is -0.339. The minimum absolute atomic E-state index is 0.1000. The number of benzodiazepines with no additional fused rings is 1. The molecule has 1 aliphatic heterocycles. The zero-order valence-corrected chi connectivity index (χ0v) is 16.0. The number of non-ortho nitro benzene ring substituents is 1. The van der Waals surface area contributed by atoms with E-state index in [1.165, 1.54) is 0 Å². The van der Waals surface area contributed by atoms with E-state index in [9.17, 15) is 10.1 Å². The van der Waals surface area contributed by atoms with Gasteiger partial charge in [-0.1, -0.05) is 44.2 Å². The highest BCUT2D eigenvalue weighted by Crippen LogP contribution is 2.30. The van der Waals surface area contributed by atoms with Crippen molar-refractivity contribution in [2.24, 2.45) is 4.99 Å². The third-order valence-corrected chi connectivity index (χ3v) is 5.05. The van der Waals surface area contributed by atoms with Crippen LogP contribution in [0.1, 0.15) is 25.0 Å². The fourth-order valence-electron chi connectivity index (χ4n) is 3.47. The lowest BCUT2D eigenvalue weighted by atomic mass is 9.99. The van der Waals surface area contributed by atoms with Gasteiger partial charge in [0.2, 0.25) is 0 Å². The Morgan fingerprint density at radius 3 is 2.56 bits per heavy atom. The second-order valence-electron chi connectivity index (χ2n) is 6.57. The number of fused-ring (bicyclic) bond motifs is 1. The lowest BCUT2D eigenvalue weighted by Gasteiger charge is -2.28. The molecule has 142 valence electrons. The van der Waals surface area contributed by atoms with Crippen LogP contribution in [0.5, 0.6) is 0 Å². The zero-order valence-electron chi connectivity index (χ0n) is 16.0. The molecule has 0 amide bonds. The molecular weight excluding hydrogens is 340 g/mol. The number of rotatable bonds is 7. The van der Waals surface area contributed by atoms with Crippen LogP contribution in [0.15, 0.2) is 53.5 Å². The van der Waals surface area contributed by atoms with Gasteiger partial charge < -0.3 is 9.80 Å². The number of likely N-dealkylation sites (N-methyl/N-ethyl adjacent to an activating group) is 1. The number of nitrogens with zero attached hydrogens (tertiary/aromatic N) is 4. The Hall–Kier alpha value is -2.73. The van der Waals surface area contributed by atoms with Gasteiger partial charge in [0, 0.05) is 48.6 Å². The summed E-state index contributed by atoms with van der Waals surface area (Å²) in [5, 5.41) is 11.3. The molecule has 1 aliphatic rings. The summed E-state index contributed by atoms with van der Waals surface area (Å²) in [6.07, 6.45) is 0. The van der Waals surface area contributed by atoms with Gasteiger partial charge in [-0.05, 0) is 19.2 Å². The van der Waals surface area contributed by atoms with Gasteiger partial charge in [-0.2, -0.15) is 0 Å². The summed E-state index contributed by atoms with van der Waals surface area (Å²) in [5.41, 5.74) is 3.78. The van der Waals surface area contributed by atoms with Crippen molar-refractivity contribution in [2.75, 3.05) is 44.2 Å². The van der Waals surface area contributed by atoms with Crippen LogP contribution in [0.2, 0.25) is 0 Å². The van der Waals surface area contributed by atoms with E-state index in [-0.39, 0.29) is 10.6 Å². The van der Waals surface area contributed by atoms with E-state index in [4.69, 9.17) is 4.99 Å². The Balaban J connectivity index is 2.00. The number of benzene rings is 2. The second-order valence-corrected chi connectivity index (χ2v) is 6.57. The first-order valence-electron chi connectivity index (χ1n) is 9.50. The predicted octanol–water partition coefficient (Wildman–Crippen LogP) is 3.59. The molecular formula is C21H26N4O2. The van der Waals surface area contributed by atoms with Gasteiger partial charge in [0.05, 0.1) is 17.2 Å². The first-order chi connectivity index (χ1) is 13.1. The Bertz CT molecular complexity index is 816. The number of aliphatic imine (C=N–C) groups is 1. The number of nitro groups is 1. The molecule has 0 unspecified atom stereocenters. The number of anilines is 1. The quantitative estimate of drug-likeness (QED) is 0.555. The highest BCUT2D eigenvalue weighted by molar-refractivity contribution is 6.16. The average Bonchev–Trinajstić information content (AvgIpc) is 2.88. The number of hydrogen-bond acceptors (Lipinski definition) is 5. The van der Waals surface area contributed by atoms with Gasteiger partial charge in [0.1, 0.15) is 0 Å². The van der Waals surface area contributed by atoms with Crippen molar-refractivity contribution in [2.45, 2.75) is 13.8 Å². The molecule has 0 saturated carbocycles. The van der Waals surface area contributed by atoms with E-state index in [0.717, 1.165) is 55.2 Å². The van der Waals surface area contributed by atoms with Crippen molar-refractivity contribution in [3.8, 4) is 0 Å². The highest BCUT2D eigenvalue weighted by Gasteiger charge is 2.22. The van der Waals surface area contributed by atoms with Gasteiger partial charge in [-0.3, -0.25) is 15.1 Å². The van der Waals surface area contributed by atoms with Gasteiger partial charge in [0.25, 0.3) is 5.69 Å². The molecule has 0 spiro atoms. The second kappa shape index (κ2) is 8.77. The molecule has 0 aromatic heterocycles. The van der Waals surface area contributed by atoms with Crippen LogP contribution in [0, 0.1) is 10.1 Å². The first-order valence-corrected chi connectivity index (χ1v) is 9.50. The molecule has 3 rings (SSSR count). The standard InChI is InChI=1S/C21H26N4O2/c1-3-23(4-2)14-15-24-13-12-22-21(17-8-6-5-7-9-17)19-16-18(25(26)27)10-11-20(19)24/h5-11,16H,3-4,12-15H2,1-2H3. The summed E-state index contributed by atoms with van der Waals surface area (Å²) in [6.45, 7) is 9.69. The maximum atomic E-state index is 11.3. The molecule has 27 heavy (non-hydrogen) atoms. The highest BCUT2D eigenvalue weighted by atomic mass is 16.6. The van der Waals surface area contributed by atoms with E-state index in [1.54, 1.807) is 12.1 Å². The summed E-state index contributed by atoms with van der Waals surface area (Å²) >= 11 is 0. The van der Waals surface area contributed by atoms with E-state index in [1.807, 2.05) is 36.4 Å². The van der Waals surface area contributed by atoms with Crippen LogP contribution >= 0.6 is 0 Å².